The second-order valence-corrected chi connectivity index (χ2v) is 9.84. The molecular formula is C10H14N5O11P3. The van der Waals surface area contributed by atoms with Gasteiger partial charge in [0.15, 0.2) is 17.7 Å². The molecule has 0 bridgehead atoms. The molecule has 0 saturated carbocycles. The lowest BCUT2D eigenvalue weighted by Crippen LogP contribution is -2.17. The number of fused-ring (bicyclic) bond motifs is 1. The molecule has 0 fully saturated rings. The summed E-state index contributed by atoms with van der Waals surface area (Å²) in [4.78, 5) is 47.4. The number of nitrogens with two attached hydrogens (primary N) is 1. The SMILES string of the molecule is Nc1ncnc2c1ncn2[C@H]1C=C[C@@H](COP(=O)(O)OP(=O)(O)OP(=O)(O)O)O1. The lowest BCUT2D eigenvalue weighted by molar-refractivity contribution is -0.00658. The van der Waals surface area contributed by atoms with Gasteiger partial charge in [0.1, 0.15) is 17.9 Å². The summed E-state index contributed by atoms with van der Waals surface area (Å²) in [6.07, 6.45) is 4.05. The average molecular weight is 473 g/mol. The maximum absolute atomic E-state index is 11.7. The number of phosphoric ester groups is 1. The molecule has 0 saturated heterocycles. The Morgan fingerprint density at radius 2 is 1.79 bits per heavy atom. The third-order valence-corrected chi connectivity index (χ3v) is 7.09. The molecule has 0 aromatic carbocycles. The molecular weight excluding hydrogens is 459 g/mol. The van der Waals surface area contributed by atoms with Crippen LogP contribution in [0.5, 0.6) is 0 Å². The number of aromatic nitrogens is 4. The van der Waals surface area contributed by atoms with Crippen LogP contribution in [0, 0.1) is 0 Å². The highest BCUT2D eigenvalue weighted by Crippen LogP contribution is 2.66. The number of hydrogen-bond donors (Lipinski definition) is 5. The van der Waals surface area contributed by atoms with E-state index in [-0.39, 0.29) is 5.82 Å². The van der Waals surface area contributed by atoms with E-state index in [2.05, 4.69) is 28.1 Å². The minimum Gasteiger partial charge on any atom is -0.382 e. The van der Waals surface area contributed by atoms with E-state index in [0.29, 0.717) is 11.2 Å². The van der Waals surface area contributed by atoms with Gasteiger partial charge < -0.3 is 30.0 Å². The Balaban J connectivity index is 1.59. The number of anilines is 1. The molecule has 0 spiro atoms. The summed E-state index contributed by atoms with van der Waals surface area (Å²) in [7, 11) is -16.3. The standard InChI is InChI=1S/C10H14N5O11P3/c11-9-8-10(13-4-12-9)15(5-14-8)7-2-1-6(24-7)3-23-28(19,20)26-29(21,22)25-27(16,17)18/h1-2,4-7H,3H2,(H,19,20)(H,21,22)(H2,11,12,13)(H2,16,17,18)/t6-,7+/m0/s1. The molecule has 1 aliphatic heterocycles. The fraction of sp³-hybridized carbons (Fsp3) is 0.300. The Bertz CT molecular complexity index is 1080. The summed E-state index contributed by atoms with van der Waals surface area (Å²) in [6.45, 7) is -0.611. The van der Waals surface area contributed by atoms with Crippen LogP contribution in [0.1, 0.15) is 6.23 Å². The molecule has 4 atom stereocenters. The molecule has 0 radical (unpaired) electrons. The smallest absolute Gasteiger partial charge is 0.382 e. The first-order chi connectivity index (χ1) is 13.4. The molecule has 19 heteroatoms. The van der Waals surface area contributed by atoms with Crippen LogP contribution in [0.4, 0.5) is 5.82 Å². The lowest BCUT2D eigenvalue weighted by atomic mass is 10.4. The molecule has 3 heterocycles. The molecule has 0 aliphatic carbocycles. The van der Waals surface area contributed by atoms with Crippen molar-refractivity contribution in [2.75, 3.05) is 12.3 Å². The third-order valence-electron chi connectivity index (χ3n) is 3.28. The average Bonchev–Trinajstić information content (AvgIpc) is 3.16. The first-order valence-electron chi connectivity index (χ1n) is 7.40. The van der Waals surface area contributed by atoms with Gasteiger partial charge >= 0.3 is 23.5 Å². The van der Waals surface area contributed by atoms with Gasteiger partial charge in [-0.1, -0.05) is 6.08 Å². The number of phosphoric acid groups is 3. The van der Waals surface area contributed by atoms with Crippen molar-refractivity contribution in [1.29, 1.82) is 0 Å². The molecule has 0 amide bonds. The minimum atomic E-state index is -5.58. The van der Waals surface area contributed by atoms with E-state index in [4.69, 9.17) is 25.2 Å². The Kier molecular flexibility index (Phi) is 6.07. The number of rotatable bonds is 8. The van der Waals surface area contributed by atoms with Gasteiger partial charge in [-0.05, 0) is 6.08 Å². The Morgan fingerprint density at radius 1 is 1.07 bits per heavy atom. The van der Waals surface area contributed by atoms with Gasteiger partial charge in [-0.2, -0.15) is 8.62 Å². The van der Waals surface area contributed by atoms with Crippen LogP contribution in [0.2, 0.25) is 0 Å². The fourth-order valence-corrected chi connectivity index (χ4v) is 5.30. The highest BCUT2D eigenvalue weighted by molar-refractivity contribution is 7.66. The van der Waals surface area contributed by atoms with E-state index in [1.807, 2.05) is 0 Å². The number of nitrogen functional groups attached to an aromatic ring is 1. The zero-order chi connectivity index (χ0) is 21.4. The van der Waals surface area contributed by atoms with Gasteiger partial charge in [-0.3, -0.25) is 9.09 Å². The third kappa shape index (κ3) is 5.75. The van der Waals surface area contributed by atoms with E-state index in [1.165, 1.54) is 23.3 Å². The summed E-state index contributed by atoms with van der Waals surface area (Å²) in [5.74, 6) is 0.167. The zero-order valence-corrected chi connectivity index (χ0v) is 16.7. The molecule has 29 heavy (non-hydrogen) atoms. The quantitative estimate of drug-likeness (QED) is 0.254. The maximum atomic E-state index is 11.7. The highest BCUT2D eigenvalue weighted by atomic mass is 31.3. The second kappa shape index (κ2) is 7.95. The van der Waals surface area contributed by atoms with Crippen molar-refractivity contribution in [2.45, 2.75) is 12.3 Å². The van der Waals surface area contributed by atoms with Crippen LogP contribution >= 0.6 is 23.5 Å². The summed E-state index contributed by atoms with van der Waals surface area (Å²) in [6, 6.07) is 0. The van der Waals surface area contributed by atoms with Gasteiger partial charge in [0.25, 0.3) is 0 Å². The van der Waals surface area contributed by atoms with Crippen LogP contribution in [-0.4, -0.2) is 51.8 Å². The van der Waals surface area contributed by atoms with Gasteiger partial charge in [0.05, 0.1) is 12.9 Å². The highest BCUT2D eigenvalue weighted by Gasteiger charge is 2.41. The minimum absolute atomic E-state index is 0.167. The van der Waals surface area contributed by atoms with E-state index in [1.54, 1.807) is 6.08 Å². The largest absolute Gasteiger partial charge is 0.490 e. The van der Waals surface area contributed by atoms with Crippen LogP contribution < -0.4 is 5.73 Å². The van der Waals surface area contributed by atoms with Crippen LogP contribution in [-0.2, 0) is 31.6 Å². The fourth-order valence-electron chi connectivity index (χ4n) is 2.27. The van der Waals surface area contributed by atoms with E-state index in [0.717, 1.165) is 0 Å². The monoisotopic (exact) mass is 473 g/mol. The van der Waals surface area contributed by atoms with Crippen molar-refractivity contribution in [3.63, 3.8) is 0 Å². The van der Waals surface area contributed by atoms with Crippen LogP contribution in [0.25, 0.3) is 11.2 Å². The van der Waals surface area contributed by atoms with Crippen molar-refractivity contribution < 1.29 is 51.2 Å². The summed E-state index contributed by atoms with van der Waals surface area (Å²) < 4.78 is 52.4. The molecule has 16 nitrogen and oxygen atoms in total. The molecule has 3 rings (SSSR count). The molecule has 2 aromatic rings. The predicted octanol–water partition coefficient (Wildman–Crippen LogP) is 0.205. The Morgan fingerprint density at radius 3 is 2.48 bits per heavy atom. The summed E-state index contributed by atoms with van der Waals surface area (Å²) >= 11 is 0. The molecule has 6 N–H and O–H groups in total. The van der Waals surface area contributed by atoms with Crippen molar-refractivity contribution in [3.8, 4) is 0 Å². The van der Waals surface area contributed by atoms with Crippen LogP contribution in [0.3, 0.4) is 0 Å². The van der Waals surface area contributed by atoms with Crippen molar-refractivity contribution in [3.05, 3.63) is 24.8 Å². The maximum Gasteiger partial charge on any atom is 0.490 e. The number of ether oxygens (including phenoxy) is 1. The van der Waals surface area contributed by atoms with Gasteiger partial charge in [0, 0.05) is 0 Å². The summed E-state index contributed by atoms with van der Waals surface area (Å²) in [5, 5.41) is 0. The number of hydrogen-bond acceptors (Lipinski definition) is 11. The first kappa shape index (κ1) is 22.2. The number of nitrogens with zero attached hydrogens (tertiary/aromatic N) is 4. The zero-order valence-electron chi connectivity index (χ0n) is 14.0. The Hall–Kier alpha value is -1.54. The normalized spacial score (nSPS) is 23.9. The molecule has 2 aromatic heterocycles. The molecule has 2 unspecified atom stereocenters. The summed E-state index contributed by atoms with van der Waals surface area (Å²) in [5.41, 5.74) is 6.42. The van der Waals surface area contributed by atoms with Gasteiger partial charge in [0.2, 0.25) is 0 Å². The first-order valence-corrected chi connectivity index (χ1v) is 11.9. The van der Waals surface area contributed by atoms with E-state index in [9.17, 15) is 18.6 Å². The van der Waals surface area contributed by atoms with Crippen molar-refractivity contribution in [2.24, 2.45) is 0 Å². The topological polar surface area (TPSA) is 239 Å². The predicted molar refractivity (Wildman–Crippen MR) is 92.6 cm³/mol. The van der Waals surface area contributed by atoms with Crippen molar-refractivity contribution in [1.82, 2.24) is 19.5 Å². The van der Waals surface area contributed by atoms with Crippen molar-refractivity contribution >= 4 is 40.4 Å². The number of imidazole rings is 1. The van der Waals surface area contributed by atoms with Gasteiger partial charge in [-0.25, -0.2) is 28.6 Å². The molecule has 1 aliphatic rings. The van der Waals surface area contributed by atoms with E-state index >= 15 is 0 Å². The second-order valence-electron chi connectivity index (χ2n) is 5.42. The van der Waals surface area contributed by atoms with E-state index < -0.39 is 42.4 Å². The van der Waals surface area contributed by atoms with Gasteiger partial charge in [-0.15, -0.1) is 0 Å². The van der Waals surface area contributed by atoms with Crippen LogP contribution in [0.15, 0.2) is 24.8 Å². The molecule has 160 valence electrons. The Labute approximate surface area is 161 Å². The lowest BCUT2D eigenvalue weighted by Gasteiger charge is -2.18.